The molecule has 0 aliphatic carbocycles. The molecule has 0 aliphatic heterocycles. The summed E-state index contributed by atoms with van der Waals surface area (Å²) in [5.74, 6) is 1.68. The first-order valence-corrected chi connectivity index (χ1v) is 5.45. The molecule has 16 heavy (non-hydrogen) atoms. The molecule has 3 nitrogen and oxygen atoms in total. The molecule has 0 amide bonds. The highest BCUT2D eigenvalue weighted by atomic mass is 16.5. The summed E-state index contributed by atoms with van der Waals surface area (Å²) in [4.78, 5) is 10.4. The molecule has 0 unspecified atom stereocenters. The van der Waals surface area contributed by atoms with E-state index >= 15 is 0 Å². The van der Waals surface area contributed by atoms with Crippen LogP contribution in [0.1, 0.15) is 39.2 Å². The third-order valence-electron chi connectivity index (χ3n) is 2.15. The van der Waals surface area contributed by atoms with Gasteiger partial charge in [0.15, 0.2) is 0 Å². The summed E-state index contributed by atoms with van der Waals surface area (Å²) in [5.41, 5.74) is 0.977. The quantitative estimate of drug-likeness (QED) is 0.718. The number of carbonyl (C=O) groups excluding carboxylic acids is 1. The molecular formula is C13H18O3. The minimum absolute atomic E-state index is 0.137. The lowest BCUT2D eigenvalue weighted by Gasteiger charge is -2.15. The third kappa shape index (κ3) is 3.26. The van der Waals surface area contributed by atoms with Crippen molar-refractivity contribution in [2.24, 2.45) is 0 Å². The van der Waals surface area contributed by atoms with Gasteiger partial charge in [0.1, 0.15) is 11.5 Å². The first kappa shape index (κ1) is 12.6. The summed E-state index contributed by atoms with van der Waals surface area (Å²) in [5, 5.41) is 0. The SMILES string of the molecule is CC(C)Oc1ccc(OC=O)c(C(C)C)c1. The first-order chi connectivity index (χ1) is 7.54. The van der Waals surface area contributed by atoms with Gasteiger partial charge in [0.25, 0.3) is 6.47 Å². The second-order valence-corrected chi connectivity index (χ2v) is 4.24. The van der Waals surface area contributed by atoms with Crippen molar-refractivity contribution in [3.05, 3.63) is 23.8 Å². The van der Waals surface area contributed by atoms with Crippen LogP contribution in [-0.4, -0.2) is 12.6 Å². The van der Waals surface area contributed by atoms with Crippen LogP contribution in [0.5, 0.6) is 11.5 Å². The molecule has 0 heterocycles. The zero-order valence-corrected chi connectivity index (χ0v) is 10.2. The predicted molar refractivity (Wildman–Crippen MR) is 63.0 cm³/mol. The summed E-state index contributed by atoms with van der Waals surface area (Å²) in [6, 6.07) is 5.50. The average molecular weight is 222 g/mol. The van der Waals surface area contributed by atoms with Gasteiger partial charge in [-0.25, -0.2) is 0 Å². The van der Waals surface area contributed by atoms with Crippen LogP contribution in [0.25, 0.3) is 0 Å². The van der Waals surface area contributed by atoms with Crippen LogP contribution in [0.2, 0.25) is 0 Å². The van der Waals surface area contributed by atoms with E-state index in [1.54, 1.807) is 6.07 Å². The Kier molecular flexibility index (Phi) is 4.35. The van der Waals surface area contributed by atoms with E-state index < -0.39 is 0 Å². The van der Waals surface area contributed by atoms with Crippen molar-refractivity contribution in [2.75, 3.05) is 0 Å². The van der Waals surface area contributed by atoms with Crippen molar-refractivity contribution < 1.29 is 14.3 Å². The van der Waals surface area contributed by atoms with Crippen molar-refractivity contribution in [1.82, 2.24) is 0 Å². The molecule has 1 aromatic rings. The third-order valence-corrected chi connectivity index (χ3v) is 2.15. The van der Waals surface area contributed by atoms with Gasteiger partial charge in [-0.1, -0.05) is 13.8 Å². The molecule has 0 aromatic heterocycles. The summed E-state index contributed by atoms with van der Waals surface area (Å²) in [7, 11) is 0. The smallest absolute Gasteiger partial charge is 0.298 e. The molecule has 0 fully saturated rings. The van der Waals surface area contributed by atoms with Crippen molar-refractivity contribution in [1.29, 1.82) is 0 Å². The maximum Gasteiger partial charge on any atom is 0.298 e. The van der Waals surface area contributed by atoms with Gasteiger partial charge in [0, 0.05) is 5.56 Å². The normalized spacial score (nSPS) is 10.6. The molecule has 0 N–H and O–H groups in total. The molecule has 1 aromatic carbocycles. The highest BCUT2D eigenvalue weighted by molar-refractivity contribution is 5.50. The minimum atomic E-state index is 0.137. The van der Waals surface area contributed by atoms with E-state index in [1.165, 1.54) is 0 Å². The van der Waals surface area contributed by atoms with Crippen LogP contribution in [0.4, 0.5) is 0 Å². The van der Waals surface area contributed by atoms with Crippen molar-refractivity contribution in [3.63, 3.8) is 0 Å². The Labute approximate surface area is 96.4 Å². The Morgan fingerprint density at radius 2 is 1.88 bits per heavy atom. The largest absolute Gasteiger partial charge is 0.491 e. The number of ether oxygens (including phenoxy) is 2. The summed E-state index contributed by atoms with van der Waals surface area (Å²) >= 11 is 0. The van der Waals surface area contributed by atoms with Gasteiger partial charge in [-0.05, 0) is 38.0 Å². The van der Waals surface area contributed by atoms with Gasteiger partial charge in [-0.15, -0.1) is 0 Å². The number of hydrogen-bond donors (Lipinski definition) is 0. The number of benzene rings is 1. The highest BCUT2D eigenvalue weighted by Gasteiger charge is 2.10. The van der Waals surface area contributed by atoms with E-state index in [1.807, 2.05) is 39.8 Å². The topological polar surface area (TPSA) is 35.5 Å². The van der Waals surface area contributed by atoms with Crippen LogP contribution in [0.15, 0.2) is 18.2 Å². The Balaban J connectivity index is 3.01. The van der Waals surface area contributed by atoms with E-state index in [4.69, 9.17) is 9.47 Å². The molecular weight excluding hydrogens is 204 g/mol. The van der Waals surface area contributed by atoms with E-state index in [9.17, 15) is 4.79 Å². The molecule has 0 saturated heterocycles. The van der Waals surface area contributed by atoms with E-state index in [-0.39, 0.29) is 12.0 Å². The molecule has 3 heteroatoms. The number of hydrogen-bond acceptors (Lipinski definition) is 3. The van der Waals surface area contributed by atoms with Crippen LogP contribution in [0.3, 0.4) is 0 Å². The summed E-state index contributed by atoms with van der Waals surface area (Å²) in [6.07, 6.45) is 0.137. The van der Waals surface area contributed by atoms with Crippen molar-refractivity contribution in [2.45, 2.75) is 39.7 Å². The zero-order valence-electron chi connectivity index (χ0n) is 10.2. The monoisotopic (exact) mass is 222 g/mol. The van der Waals surface area contributed by atoms with Gasteiger partial charge in [-0.2, -0.15) is 0 Å². The molecule has 88 valence electrons. The lowest BCUT2D eigenvalue weighted by molar-refractivity contribution is -0.120. The first-order valence-electron chi connectivity index (χ1n) is 5.45. The molecule has 0 spiro atoms. The molecule has 0 bridgehead atoms. The molecule has 0 aliphatic rings. The Hall–Kier alpha value is -1.51. The number of carbonyl (C=O) groups is 1. The van der Waals surface area contributed by atoms with Gasteiger partial charge >= 0.3 is 0 Å². The van der Waals surface area contributed by atoms with Crippen LogP contribution in [0, 0.1) is 0 Å². The van der Waals surface area contributed by atoms with E-state index in [0.717, 1.165) is 11.3 Å². The van der Waals surface area contributed by atoms with Crippen LogP contribution in [-0.2, 0) is 4.79 Å². The second-order valence-electron chi connectivity index (χ2n) is 4.24. The molecule has 0 saturated carbocycles. The molecule has 0 radical (unpaired) electrons. The Bertz CT molecular complexity index is 356. The fourth-order valence-electron chi connectivity index (χ4n) is 1.48. The maximum atomic E-state index is 10.4. The van der Waals surface area contributed by atoms with E-state index in [2.05, 4.69) is 0 Å². The Morgan fingerprint density at radius 3 is 2.38 bits per heavy atom. The number of rotatable bonds is 5. The second kappa shape index (κ2) is 5.54. The van der Waals surface area contributed by atoms with E-state index in [0.29, 0.717) is 12.2 Å². The lowest BCUT2D eigenvalue weighted by atomic mass is 10.0. The van der Waals surface area contributed by atoms with Crippen LogP contribution < -0.4 is 9.47 Å². The highest BCUT2D eigenvalue weighted by Crippen LogP contribution is 2.30. The lowest BCUT2D eigenvalue weighted by Crippen LogP contribution is -2.06. The van der Waals surface area contributed by atoms with Crippen LogP contribution >= 0.6 is 0 Å². The zero-order chi connectivity index (χ0) is 12.1. The van der Waals surface area contributed by atoms with Gasteiger partial charge in [0.05, 0.1) is 6.10 Å². The fraction of sp³-hybridized carbons (Fsp3) is 0.462. The average Bonchev–Trinajstić information content (AvgIpc) is 2.19. The molecule has 1 rings (SSSR count). The van der Waals surface area contributed by atoms with Crippen molar-refractivity contribution >= 4 is 6.47 Å². The fourth-order valence-corrected chi connectivity index (χ4v) is 1.48. The molecule has 0 atom stereocenters. The van der Waals surface area contributed by atoms with Gasteiger partial charge < -0.3 is 9.47 Å². The van der Waals surface area contributed by atoms with Crippen molar-refractivity contribution in [3.8, 4) is 11.5 Å². The summed E-state index contributed by atoms with van der Waals surface area (Å²) in [6.45, 7) is 8.50. The van der Waals surface area contributed by atoms with Gasteiger partial charge in [0.2, 0.25) is 0 Å². The predicted octanol–water partition coefficient (Wildman–Crippen LogP) is 3.13. The minimum Gasteiger partial charge on any atom is -0.491 e. The standard InChI is InChI=1S/C13H18O3/c1-9(2)12-7-11(16-10(3)4)5-6-13(12)15-8-14/h5-10H,1-4H3. The summed E-state index contributed by atoms with van der Waals surface area (Å²) < 4.78 is 10.5. The Morgan fingerprint density at radius 1 is 1.19 bits per heavy atom. The maximum absolute atomic E-state index is 10.4. The van der Waals surface area contributed by atoms with Gasteiger partial charge in [-0.3, -0.25) is 4.79 Å².